The summed E-state index contributed by atoms with van der Waals surface area (Å²) in [5.74, 6) is 0. The molecule has 4 N–H and O–H groups in total. The van der Waals surface area contributed by atoms with Gasteiger partial charge in [0.25, 0.3) is 0 Å². The standard InChI is InChI=1S/C15H20N4O2/c1-14(2,21-13(16)20)15(3,17)11-7-4-5-8-12(11)19-10-6-9-18-19/h4-10H,17H2,1-3H3,(H2,16,20). The molecule has 0 radical (unpaired) electrons. The Morgan fingerprint density at radius 2 is 1.90 bits per heavy atom. The van der Waals surface area contributed by atoms with Crippen molar-refractivity contribution in [3.05, 3.63) is 48.3 Å². The molecule has 2 aromatic rings. The number of nitrogens with zero attached hydrogens (tertiary/aromatic N) is 2. The number of hydrogen-bond acceptors (Lipinski definition) is 4. The van der Waals surface area contributed by atoms with Crippen molar-refractivity contribution in [3.63, 3.8) is 0 Å². The molecule has 1 heterocycles. The second kappa shape index (κ2) is 5.21. The molecule has 0 saturated heterocycles. The van der Waals surface area contributed by atoms with E-state index in [0.717, 1.165) is 11.3 Å². The van der Waals surface area contributed by atoms with E-state index in [1.165, 1.54) is 0 Å². The minimum Gasteiger partial charge on any atom is -0.441 e. The molecule has 0 saturated carbocycles. The average molecular weight is 288 g/mol. The molecule has 1 aromatic carbocycles. The number of amides is 1. The highest BCUT2D eigenvalue weighted by atomic mass is 16.6. The Morgan fingerprint density at radius 1 is 1.24 bits per heavy atom. The summed E-state index contributed by atoms with van der Waals surface area (Å²) >= 11 is 0. The van der Waals surface area contributed by atoms with Gasteiger partial charge in [0.05, 0.1) is 11.2 Å². The SMILES string of the molecule is CC(C)(OC(N)=O)C(C)(N)c1ccccc1-n1cccn1. The molecule has 0 aliphatic carbocycles. The van der Waals surface area contributed by atoms with E-state index in [0.29, 0.717) is 0 Å². The van der Waals surface area contributed by atoms with Crippen LogP contribution in [0.3, 0.4) is 0 Å². The van der Waals surface area contributed by atoms with E-state index in [1.807, 2.05) is 36.5 Å². The number of rotatable bonds is 4. The third-order valence-electron chi connectivity index (χ3n) is 3.82. The van der Waals surface area contributed by atoms with Gasteiger partial charge in [0.1, 0.15) is 5.60 Å². The highest BCUT2D eigenvalue weighted by Gasteiger charge is 2.43. The molecule has 0 bridgehead atoms. The van der Waals surface area contributed by atoms with E-state index < -0.39 is 17.2 Å². The number of para-hydroxylation sites is 1. The van der Waals surface area contributed by atoms with E-state index in [4.69, 9.17) is 16.2 Å². The van der Waals surface area contributed by atoms with Crippen LogP contribution in [0.5, 0.6) is 0 Å². The number of carbonyl (C=O) groups is 1. The van der Waals surface area contributed by atoms with Gasteiger partial charge in [0, 0.05) is 18.0 Å². The molecule has 1 unspecified atom stereocenters. The normalized spacial score (nSPS) is 14.5. The monoisotopic (exact) mass is 288 g/mol. The van der Waals surface area contributed by atoms with Crippen molar-refractivity contribution in [2.75, 3.05) is 0 Å². The third-order valence-corrected chi connectivity index (χ3v) is 3.82. The summed E-state index contributed by atoms with van der Waals surface area (Å²) in [6.07, 6.45) is 2.67. The van der Waals surface area contributed by atoms with Crippen LogP contribution in [-0.2, 0) is 10.3 Å². The van der Waals surface area contributed by atoms with Crippen LogP contribution in [0.2, 0.25) is 0 Å². The first-order chi connectivity index (χ1) is 9.75. The lowest BCUT2D eigenvalue weighted by atomic mass is 9.78. The largest absolute Gasteiger partial charge is 0.441 e. The van der Waals surface area contributed by atoms with Gasteiger partial charge >= 0.3 is 6.09 Å². The zero-order valence-corrected chi connectivity index (χ0v) is 12.4. The second-order valence-corrected chi connectivity index (χ2v) is 5.60. The second-order valence-electron chi connectivity index (χ2n) is 5.60. The van der Waals surface area contributed by atoms with Gasteiger partial charge in [-0.2, -0.15) is 5.10 Å². The Kier molecular flexibility index (Phi) is 3.74. The summed E-state index contributed by atoms with van der Waals surface area (Å²) < 4.78 is 6.94. The minimum absolute atomic E-state index is 0.806. The summed E-state index contributed by atoms with van der Waals surface area (Å²) in [6, 6.07) is 9.42. The first kappa shape index (κ1) is 15.1. The maximum absolute atomic E-state index is 11.1. The van der Waals surface area contributed by atoms with E-state index in [1.54, 1.807) is 31.6 Å². The van der Waals surface area contributed by atoms with Crippen molar-refractivity contribution in [1.29, 1.82) is 0 Å². The highest BCUT2D eigenvalue weighted by molar-refractivity contribution is 5.65. The predicted molar refractivity (Wildman–Crippen MR) is 79.9 cm³/mol. The number of ether oxygens (including phenoxy) is 1. The van der Waals surface area contributed by atoms with Crippen molar-refractivity contribution in [3.8, 4) is 5.69 Å². The molecule has 112 valence electrons. The van der Waals surface area contributed by atoms with Gasteiger partial charge in [-0.15, -0.1) is 0 Å². The lowest BCUT2D eigenvalue weighted by Crippen LogP contribution is -2.55. The molecule has 0 fully saturated rings. The number of carbonyl (C=O) groups excluding carboxylic acids is 1. The van der Waals surface area contributed by atoms with E-state index in [2.05, 4.69) is 5.10 Å². The van der Waals surface area contributed by atoms with Crippen LogP contribution < -0.4 is 11.5 Å². The first-order valence-electron chi connectivity index (χ1n) is 6.62. The van der Waals surface area contributed by atoms with E-state index >= 15 is 0 Å². The smallest absolute Gasteiger partial charge is 0.405 e. The number of primary amides is 1. The van der Waals surface area contributed by atoms with Crippen molar-refractivity contribution >= 4 is 6.09 Å². The van der Waals surface area contributed by atoms with Crippen LogP contribution >= 0.6 is 0 Å². The van der Waals surface area contributed by atoms with Crippen LogP contribution in [0.1, 0.15) is 26.3 Å². The van der Waals surface area contributed by atoms with Gasteiger partial charge in [-0.25, -0.2) is 9.48 Å². The van der Waals surface area contributed by atoms with E-state index in [9.17, 15) is 4.79 Å². The molecular formula is C15H20N4O2. The maximum Gasteiger partial charge on any atom is 0.405 e. The van der Waals surface area contributed by atoms with Crippen LogP contribution in [0, 0.1) is 0 Å². The van der Waals surface area contributed by atoms with Crippen LogP contribution in [-0.4, -0.2) is 21.5 Å². The fraction of sp³-hybridized carbons (Fsp3) is 0.333. The van der Waals surface area contributed by atoms with Crippen LogP contribution in [0.4, 0.5) is 4.79 Å². The Balaban J connectivity index is 2.53. The van der Waals surface area contributed by atoms with E-state index in [-0.39, 0.29) is 0 Å². The Bertz CT molecular complexity index is 633. The summed E-state index contributed by atoms with van der Waals surface area (Å²) in [4.78, 5) is 11.1. The number of hydrogen-bond donors (Lipinski definition) is 2. The maximum atomic E-state index is 11.1. The van der Waals surface area contributed by atoms with Gasteiger partial charge in [-0.05, 0) is 32.9 Å². The average Bonchev–Trinajstić information content (AvgIpc) is 2.90. The zero-order chi connectivity index (χ0) is 15.7. The van der Waals surface area contributed by atoms with Crippen LogP contribution in [0.25, 0.3) is 5.69 Å². The summed E-state index contributed by atoms with van der Waals surface area (Å²) in [5, 5.41) is 4.23. The molecule has 0 aliphatic rings. The number of nitrogens with two attached hydrogens (primary N) is 2. The van der Waals surface area contributed by atoms with Crippen molar-refractivity contribution in [2.24, 2.45) is 11.5 Å². The summed E-state index contributed by atoms with van der Waals surface area (Å²) in [5.41, 5.74) is 11.3. The summed E-state index contributed by atoms with van der Waals surface area (Å²) in [6.45, 7) is 5.27. The molecule has 1 aromatic heterocycles. The number of benzene rings is 1. The number of aromatic nitrogens is 2. The quantitative estimate of drug-likeness (QED) is 0.898. The first-order valence-corrected chi connectivity index (χ1v) is 6.62. The van der Waals surface area contributed by atoms with Crippen molar-refractivity contribution < 1.29 is 9.53 Å². The predicted octanol–water partition coefficient (Wildman–Crippen LogP) is 1.92. The molecule has 21 heavy (non-hydrogen) atoms. The van der Waals surface area contributed by atoms with Crippen LogP contribution in [0.15, 0.2) is 42.7 Å². The molecule has 6 nitrogen and oxygen atoms in total. The van der Waals surface area contributed by atoms with Gasteiger partial charge in [0.2, 0.25) is 0 Å². The summed E-state index contributed by atoms with van der Waals surface area (Å²) in [7, 11) is 0. The van der Waals surface area contributed by atoms with Gasteiger partial charge in [0.15, 0.2) is 0 Å². The van der Waals surface area contributed by atoms with Crippen molar-refractivity contribution in [2.45, 2.75) is 31.9 Å². The zero-order valence-electron chi connectivity index (χ0n) is 12.4. The highest BCUT2D eigenvalue weighted by Crippen LogP contribution is 2.35. The molecule has 1 amide bonds. The lowest BCUT2D eigenvalue weighted by molar-refractivity contribution is -0.0124. The third kappa shape index (κ3) is 2.75. The fourth-order valence-corrected chi connectivity index (χ4v) is 2.21. The molecule has 0 aliphatic heterocycles. The van der Waals surface area contributed by atoms with Gasteiger partial charge in [-0.1, -0.05) is 18.2 Å². The van der Waals surface area contributed by atoms with Gasteiger partial charge < -0.3 is 16.2 Å². The minimum atomic E-state index is -0.984. The Labute approximate surface area is 123 Å². The van der Waals surface area contributed by atoms with Crippen molar-refractivity contribution in [1.82, 2.24) is 9.78 Å². The molecular weight excluding hydrogens is 268 g/mol. The lowest BCUT2D eigenvalue weighted by Gasteiger charge is -2.41. The molecule has 1 atom stereocenters. The molecule has 6 heteroatoms. The molecule has 2 rings (SSSR count). The molecule has 0 spiro atoms. The topological polar surface area (TPSA) is 96.2 Å². The van der Waals surface area contributed by atoms with Gasteiger partial charge in [-0.3, -0.25) is 0 Å². The fourth-order valence-electron chi connectivity index (χ4n) is 2.21. The Hall–Kier alpha value is -2.34. The Morgan fingerprint density at radius 3 is 2.48 bits per heavy atom.